The number of amides is 1. The summed E-state index contributed by atoms with van der Waals surface area (Å²) in [4.78, 5) is 12.2. The lowest BCUT2D eigenvalue weighted by molar-refractivity contribution is 0.0946. The Kier molecular flexibility index (Phi) is 4.13. The fourth-order valence-electron chi connectivity index (χ4n) is 3.13. The summed E-state index contributed by atoms with van der Waals surface area (Å²) in [6, 6.07) is 7.91. The third kappa shape index (κ3) is 3.09. The van der Waals surface area contributed by atoms with Crippen molar-refractivity contribution in [2.24, 2.45) is 0 Å². The Morgan fingerprint density at radius 1 is 1.40 bits per heavy atom. The molecule has 0 bridgehead atoms. The van der Waals surface area contributed by atoms with Crippen molar-refractivity contribution < 1.29 is 9.53 Å². The van der Waals surface area contributed by atoms with Crippen LogP contribution < -0.4 is 10.1 Å². The Bertz CT molecular complexity index is 888. The van der Waals surface area contributed by atoms with Crippen LogP contribution in [0.5, 0.6) is 5.88 Å². The first kappa shape index (κ1) is 15.7. The van der Waals surface area contributed by atoms with Crippen LogP contribution in [0.2, 0.25) is 0 Å². The average molecular weight is 339 g/mol. The SMILES string of the molecule is Cc1cccc2c1cnn2CCCNC(=O)c1cc2n(n1)CCCO2. The van der Waals surface area contributed by atoms with Gasteiger partial charge in [-0.15, -0.1) is 0 Å². The number of hydrogen-bond donors (Lipinski definition) is 1. The number of aromatic nitrogens is 4. The van der Waals surface area contributed by atoms with Crippen LogP contribution in [0.1, 0.15) is 28.9 Å². The number of aryl methyl sites for hydroxylation is 3. The second kappa shape index (κ2) is 6.58. The Morgan fingerprint density at radius 2 is 2.32 bits per heavy atom. The van der Waals surface area contributed by atoms with Gasteiger partial charge in [-0.3, -0.25) is 9.48 Å². The van der Waals surface area contributed by atoms with E-state index >= 15 is 0 Å². The molecular weight excluding hydrogens is 318 g/mol. The molecule has 0 saturated heterocycles. The number of hydrogen-bond acceptors (Lipinski definition) is 4. The van der Waals surface area contributed by atoms with Crippen molar-refractivity contribution in [1.29, 1.82) is 0 Å². The summed E-state index contributed by atoms with van der Waals surface area (Å²) in [7, 11) is 0. The first-order valence-electron chi connectivity index (χ1n) is 8.62. The van der Waals surface area contributed by atoms with Gasteiger partial charge in [0, 0.05) is 37.5 Å². The summed E-state index contributed by atoms with van der Waals surface area (Å²) in [5, 5.41) is 12.8. The first-order chi connectivity index (χ1) is 12.2. The number of rotatable bonds is 5. The zero-order valence-corrected chi connectivity index (χ0v) is 14.2. The van der Waals surface area contributed by atoms with Gasteiger partial charge in [-0.2, -0.15) is 10.2 Å². The van der Waals surface area contributed by atoms with Crippen molar-refractivity contribution in [2.75, 3.05) is 13.2 Å². The molecule has 0 atom stereocenters. The highest BCUT2D eigenvalue weighted by molar-refractivity contribution is 5.92. The molecule has 1 aliphatic heterocycles. The molecule has 130 valence electrons. The fourth-order valence-corrected chi connectivity index (χ4v) is 3.13. The number of benzene rings is 1. The highest BCUT2D eigenvalue weighted by Crippen LogP contribution is 2.19. The minimum absolute atomic E-state index is 0.160. The third-order valence-corrected chi connectivity index (χ3v) is 4.48. The van der Waals surface area contributed by atoms with Gasteiger partial charge >= 0.3 is 0 Å². The number of nitrogens with one attached hydrogen (secondary N) is 1. The number of carbonyl (C=O) groups excluding carboxylic acids is 1. The quantitative estimate of drug-likeness (QED) is 0.723. The lowest BCUT2D eigenvalue weighted by Gasteiger charge is -2.13. The largest absolute Gasteiger partial charge is 0.478 e. The van der Waals surface area contributed by atoms with Crippen molar-refractivity contribution in [3.05, 3.63) is 41.7 Å². The Labute approximate surface area is 145 Å². The van der Waals surface area contributed by atoms with E-state index in [-0.39, 0.29) is 5.91 Å². The maximum atomic E-state index is 12.2. The van der Waals surface area contributed by atoms with Gasteiger partial charge in [0.25, 0.3) is 5.91 Å². The Hall–Kier alpha value is -2.83. The number of ether oxygens (including phenoxy) is 1. The summed E-state index contributed by atoms with van der Waals surface area (Å²) in [6.07, 6.45) is 3.63. The van der Waals surface area contributed by atoms with Crippen LogP contribution in [-0.2, 0) is 13.1 Å². The molecule has 7 nitrogen and oxygen atoms in total. The number of nitrogens with zero attached hydrogens (tertiary/aromatic N) is 4. The van der Waals surface area contributed by atoms with Crippen LogP contribution >= 0.6 is 0 Å². The molecule has 0 radical (unpaired) electrons. The fraction of sp³-hybridized carbons (Fsp3) is 0.389. The second-order valence-corrected chi connectivity index (χ2v) is 6.28. The molecule has 7 heteroatoms. The van der Waals surface area contributed by atoms with Crippen LogP contribution in [-0.4, -0.2) is 38.6 Å². The normalized spacial score (nSPS) is 13.5. The Balaban J connectivity index is 1.32. The standard InChI is InChI=1S/C18H21N5O2/c1-13-5-2-6-16-14(13)12-20-22(16)8-3-7-19-18(24)15-11-17-23(21-15)9-4-10-25-17/h2,5-6,11-12H,3-4,7-10H2,1H3,(H,19,24). The van der Waals surface area contributed by atoms with Crippen molar-refractivity contribution in [3.63, 3.8) is 0 Å². The maximum Gasteiger partial charge on any atom is 0.271 e. The van der Waals surface area contributed by atoms with E-state index in [4.69, 9.17) is 4.74 Å². The predicted molar refractivity (Wildman–Crippen MR) is 93.8 cm³/mol. The summed E-state index contributed by atoms with van der Waals surface area (Å²) < 4.78 is 9.22. The number of fused-ring (bicyclic) bond motifs is 2. The summed E-state index contributed by atoms with van der Waals surface area (Å²) in [6.45, 7) is 4.91. The molecule has 0 spiro atoms. The van der Waals surface area contributed by atoms with Gasteiger partial charge in [0.15, 0.2) is 5.69 Å². The second-order valence-electron chi connectivity index (χ2n) is 6.28. The molecule has 1 amide bonds. The van der Waals surface area contributed by atoms with Gasteiger partial charge in [0.1, 0.15) is 0 Å². The lowest BCUT2D eigenvalue weighted by Crippen LogP contribution is -2.26. The molecule has 4 rings (SSSR count). The van der Waals surface area contributed by atoms with Gasteiger partial charge in [-0.1, -0.05) is 12.1 Å². The molecule has 3 aromatic rings. The molecule has 0 saturated carbocycles. The molecule has 2 aromatic heterocycles. The average Bonchev–Trinajstić information content (AvgIpc) is 3.23. The van der Waals surface area contributed by atoms with Crippen LogP contribution in [0.3, 0.4) is 0 Å². The molecule has 0 fully saturated rings. The predicted octanol–water partition coefficient (Wildman–Crippen LogP) is 2.14. The summed E-state index contributed by atoms with van der Waals surface area (Å²) in [5.74, 6) is 0.515. The Morgan fingerprint density at radius 3 is 3.20 bits per heavy atom. The minimum atomic E-state index is -0.160. The summed E-state index contributed by atoms with van der Waals surface area (Å²) in [5.41, 5.74) is 2.77. The maximum absolute atomic E-state index is 12.2. The van der Waals surface area contributed by atoms with E-state index in [1.54, 1.807) is 10.7 Å². The molecule has 3 heterocycles. The van der Waals surface area contributed by atoms with Crippen LogP contribution in [0.25, 0.3) is 10.9 Å². The van der Waals surface area contributed by atoms with E-state index in [9.17, 15) is 4.79 Å². The summed E-state index contributed by atoms with van der Waals surface area (Å²) >= 11 is 0. The molecule has 0 unspecified atom stereocenters. The zero-order valence-electron chi connectivity index (χ0n) is 14.2. The van der Waals surface area contributed by atoms with E-state index in [0.717, 1.165) is 31.4 Å². The van der Waals surface area contributed by atoms with Gasteiger partial charge in [-0.25, -0.2) is 4.68 Å². The minimum Gasteiger partial charge on any atom is -0.478 e. The molecule has 25 heavy (non-hydrogen) atoms. The molecule has 1 aromatic carbocycles. The van der Waals surface area contributed by atoms with Crippen LogP contribution in [0.4, 0.5) is 0 Å². The van der Waals surface area contributed by atoms with Crippen molar-refractivity contribution in [1.82, 2.24) is 24.9 Å². The van der Waals surface area contributed by atoms with Gasteiger partial charge < -0.3 is 10.1 Å². The smallest absolute Gasteiger partial charge is 0.271 e. The van der Waals surface area contributed by atoms with Gasteiger partial charge in [-0.05, 0) is 25.0 Å². The van der Waals surface area contributed by atoms with Gasteiger partial charge in [0.05, 0.1) is 18.3 Å². The van der Waals surface area contributed by atoms with E-state index < -0.39 is 0 Å². The van der Waals surface area contributed by atoms with Crippen LogP contribution in [0.15, 0.2) is 30.5 Å². The topological polar surface area (TPSA) is 74.0 Å². The van der Waals surface area contributed by atoms with Crippen molar-refractivity contribution >= 4 is 16.8 Å². The molecule has 1 aliphatic rings. The van der Waals surface area contributed by atoms with Crippen LogP contribution in [0, 0.1) is 6.92 Å². The molecular formula is C18H21N5O2. The van der Waals surface area contributed by atoms with Gasteiger partial charge in [0.2, 0.25) is 5.88 Å². The van der Waals surface area contributed by atoms with E-state index in [2.05, 4.69) is 34.6 Å². The molecule has 1 N–H and O–H groups in total. The number of carbonyl (C=O) groups is 1. The van der Waals surface area contributed by atoms with E-state index in [1.165, 1.54) is 10.9 Å². The lowest BCUT2D eigenvalue weighted by atomic mass is 10.1. The monoisotopic (exact) mass is 339 g/mol. The van der Waals surface area contributed by atoms with E-state index in [1.807, 2.05) is 16.9 Å². The van der Waals surface area contributed by atoms with E-state index in [0.29, 0.717) is 24.7 Å². The van der Waals surface area contributed by atoms with Crippen molar-refractivity contribution in [2.45, 2.75) is 32.9 Å². The highest BCUT2D eigenvalue weighted by Gasteiger charge is 2.17. The first-order valence-corrected chi connectivity index (χ1v) is 8.62. The highest BCUT2D eigenvalue weighted by atomic mass is 16.5. The molecule has 0 aliphatic carbocycles. The third-order valence-electron chi connectivity index (χ3n) is 4.48. The zero-order chi connectivity index (χ0) is 17.2. The van der Waals surface area contributed by atoms with Crippen molar-refractivity contribution in [3.8, 4) is 5.88 Å².